The minimum atomic E-state index is -0.437. The summed E-state index contributed by atoms with van der Waals surface area (Å²) in [6, 6.07) is 16.4. The maximum absolute atomic E-state index is 12.7. The fourth-order valence-corrected chi connectivity index (χ4v) is 4.54. The van der Waals surface area contributed by atoms with Crippen LogP contribution in [0.15, 0.2) is 60.9 Å². The van der Waals surface area contributed by atoms with E-state index in [4.69, 9.17) is 11.6 Å². The fraction of sp³-hybridized carbons (Fsp3) is 0.273. The number of amides is 1. The van der Waals surface area contributed by atoms with Crippen LogP contribution >= 0.6 is 11.6 Å². The highest BCUT2D eigenvalue weighted by Crippen LogP contribution is 2.49. The van der Waals surface area contributed by atoms with Crippen molar-refractivity contribution in [3.05, 3.63) is 77.1 Å². The Hall–Kier alpha value is -2.59. The topological polar surface area (TPSA) is 38.1 Å². The quantitative estimate of drug-likeness (QED) is 0.679. The van der Waals surface area contributed by atoms with E-state index >= 15 is 0 Å². The number of carbonyl (C=O) groups is 1. The standard InChI is InChI=1S/C22H20ClN3O/c23-17-8-6-16(7-9-17)22(11-10-20(27)25-13-3-14-25)19-5-2-1-4-18(19)21-24-12-15-26(21)22/h1-2,4-9,12,15H,3,10-11,13-14H2. The molecule has 1 saturated heterocycles. The van der Waals surface area contributed by atoms with Crippen molar-refractivity contribution in [2.24, 2.45) is 0 Å². The molecule has 2 aromatic carbocycles. The molecule has 2 aliphatic heterocycles. The Labute approximate surface area is 163 Å². The van der Waals surface area contributed by atoms with Gasteiger partial charge in [0.2, 0.25) is 5.91 Å². The zero-order valence-electron chi connectivity index (χ0n) is 14.9. The largest absolute Gasteiger partial charge is 0.343 e. The molecule has 5 heteroatoms. The van der Waals surface area contributed by atoms with E-state index in [0.717, 1.165) is 36.5 Å². The fourth-order valence-electron chi connectivity index (χ4n) is 4.41. The molecule has 4 nitrogen and oxygen atoms in total. The van der Waals surface area contributed by atoms with Gasteiger partial charge in [-0.1, -0.05) is 48.0 Å². The summed E-state index contributed by atoms with van der Waals surface area (Å²) in [5.41, 5.74) is 3.03. The summed E-state index contributed by atoms with van der Waals surface area (Å²) in [6.45, 7) is 1.78. The minimum absolute atomic E-state index is 0.237. The molecule has 1 atom stereocenters. The summed E-state index contributed by atoms with van der Waals surface area (Å²) in [4.78, 5) is 19.2. The van der Waals surface area contributed by atoms with Crippen molar-refractivity contribution in [1.29, 1.82) is 0 Å². The van der Waals surface area contributed by atoms with Gasteiger partial charge in [0, 0.05) is 42.5 Å². The highest BCUT2D eigenvalue weighted by molar-refractivity contribution is 6.30. The van der Waals surface area contributed by atoms with Gasteiger partial charge in [-0.15, -0.1) is 0 Å². The lowest BCUT2D eigenvalue weighted by Crippen LogP contribution is -2.43. The molecule has 5 rings (SSSR count). The third-order valence-corrected chi connectivity index (χ3v) is 6.15. The van der Waals surface area contributed by atoms with Gasteiger partial charge in [-0.25, -0.2) is 4.98 Å². The average Bonchev–Trinajstić information content (AvgIpc) is 3.21. The first-order valence-electron chi connectivity index (χ1n) is 9.38. The van der Waals surface area contributed by atoms with Gasteiger partial charge in [0.05, 0.1) is 5.54 Å². The van der Waals surface area contributed by atoms with Crippen molar-refractivity contribution in [1.82, 2.24) is 14.5 Å². The average molecular weight is 378 g/mol. The van der Waals surface area contributed by atoms with Gasteiger partial charge in [-0.3, -0.25) is 4.79 Å². The first kappa shape index (κ1) is 16.6. The highest BCUT2D eigenvalue weighted by atomic mass is 35.5. The third-order valence-electron chi connectivity index (χ3n) is 5.90. The van der Waals surface area contributed by atoms with Crippen LogP contribution in [0.5, 0.6) is 0 Å². The SMILES string of the molecule is O=C(CCC1(c2ccc(Cl)cc2)c2ccccc2-c2nccn21)N1CCC1. The van der Waals surface area contributed by atoms with Crippen LogP contribution in [0.2, 0.25) is 5.02 Å². The maximum atomic E-state index is 12.7. The van der Waals surface area contributed by atoms with Crippen LogP contribution in [-0.4, -0.2) is 33.4 Å². The van der Waals surface area contributed by atoms with Gasteiger partial charge >= 0.3 is 0 Å². The summed E-state index contributed by atoms with van der Waals surface area (Å²) in [7, 11) is 0. The lowest BCUT2D eigenvalue weighted by Gasteiger charge is -2.36. The Morgan fingerprint density at radius 1 is 1.11 bits per heavy atom. The number of imidazole rings is 1. The molecule has 136 valence electrons. The number of hydrogen-bond donors (Lipinski definition) is 0. The monoisotopic (exact) mass is 377 g/mol. The highest BCUT2D eigenvalue weighted by Gasteiger charge is 2.45. The molecule has 2 aliphatic rings. The second kappa shape index (κ2) is 6.24. The van der Waals surface area contributed by atoms with E-state index in [0.29, 0.717) is 17.9 Å². The number of likely N-dealkylation sites (tertiary alicyclic amines) is 1. The van der Waals surface area contributed by atoms with Gasteiger partial charge in [0.1, 0.15) is 5.82 Å². The second-order valence-corrected chi connectivity index (χ2v) is 7.70. The molecule has 1 unspecified atom stereocenters. The number of nitrogens with zero attached hydrogens (tertiary/aromatic N) is 3. The predicted molar refractivity (Wildman–Crippen MR) is 106 cm³/mol. The van der Waals surface area contributed by atoms with Crippen LogP contribution in [-0.2, 0) is 10.3 Å². The predicted octanol–water partition coefficient (Wildman–Crippen LogP) is 4.32. The molecule has 27 heavy (non-hydrogen) atoms. The summed E-state index contributed by atoms with van der Waals surface area (Å²) in [5, 5.41) is 0.711. The number of fused-ring (bicyclic) bond motifs is 3. The summed E-state index contributed by atoms with van der Waals surface area (Å²) >= 11 is 6.16. The molecule has 1 aromatic heterocycles. The first-order chi connectivity index (χ1) is 13.2. The number of aromatic nitrogens is 2. The van der Waals surface area contributed by atoms with Crippen LogP contribution in [0.3, 0.4) is 0 Å². The molecule has 0 saturated carbocycles. The molecule has 1 fully saturated rings. The number of hydrogen-bond acceptors (Lipinski definition) is 2. The van der Waals surface area contributed by atoms with E-state index in [1.54, 1.807) is 0 Å². The van der Waals surface area contributed by atoms with Gasteiger partial charge in [0.25, 0.3) is 0 Å². The minimum Gasteiger partial charge on any atom is -0.343 e. The smallest absolute Gasteiger partial charge is 0.222 e. The Kier molecular flexibility index (Phi) is 3.83. The summed E-state index contributed by atoms with van der Waals surface area (Å²) in [6.07, 6.45) is 6.19. The van der Waals surface area contributed by atoms with Crippen molar-refractivity contribution in [2.75, 3.05) is 13.1 Å². The van der Waals surface area contributed by atoms with Crippen LogP contribution in [0.25, 0.3) is 11.4 Å². The molecule has 3 heterocycles. The van der Waals surface area contributed by atoms with Gasteiger partial charge in [-0.05, 0) is 36.1 Å². The first-order valence-corrected chi connectivity index (χ1v) is 9.75. The van der Waals surface area contributed by atoms with Crippen LogP contribution in [0, 0.1) is 0 Å². The molecule has 3 aromatic rings. The Morgan fingerprint density at radius 2 is 1.89 bits per heavy atom. The molecule has 0 bridgehead atoms. The van der Waals surface area contributed by atoms with E-state index in [9.17, 15) is 4.79 Å². The van der Waals surface area contributed by atoms with Gasteiger partial charge < -0.3 is 9.47 Å². The van der Waals surface area contributed by atoms with E-state index in [-0.39, 0.29) is 5.91 Å². The third kappa shape index (κ3) is 2.43. The normalized spacial score (nSPS) is 20.1. The summed E-state index contributed by atoms with van der Waals surface area (Å²) in [5.74, 6) is 1.19. The number of rotatable bonds is 4. The Bertz CT molecular complexity index is 1010. The van der Waals surface area contributed by atoms with E-state index in [1.165, 1.54) is 5.56 Å². The molecule has 0 aliphatic carbocycles. The summed E-state index contributed by atoms with van der Waals surface area (Å²) < 4.78 is 2.23. The van der Waals surface area contributed by atoms with Crippen molar-refractivity contribution >= 4 is 17.5 Å². The van der Waals surface area contributed by atoms with Crippen molar-refractivity contribution in [3.8, 4) is 11.4 Å². The van der Waals surface area contributed by atoms with E-state index in [1.807, 2.05) is 35.5 Å². The number of benzene rings is 2. The second-order valence-electron chi connectivity index (χ2n) is 7.27. The molecule has 0 N–H and O–H groups in total. The Morgan fingerprint density at radius 3 is 2.63 bits per heavy atom. The lowest BCUT2D eigenvalue weighted by molar-refractivity contribution is -0.135. The van der Waals surface area contributed by atoms with Crippen molar-refractivity contribution in [3.63, 3.8) is 0 Å². The van der Waals surface area contributed by atoms with Crippen LogP contribution < -0.4 is 0 Å². The lowest BCUT2D eigenvalue weighted by atomic mass is 9.79. The molecule has 1 amide bonds. The zero-order valence-corrected chi connectivity index (χ0v) is 15.7. The number of halogens is 1. The van der Waals surface area contributed by atoms with Crippen molar-refractivity contribution < 1.29 is 4.79 Å². The molecule has 0 radical (unpaired) electrons. The van der Waals surface area contributed by atoms with Gasteiger partial charge in [0.15, 0.2) is 0 Å². The molecule has 0 spiro atoms. The van der Waals surface area contributed by atoms with E-state index < -0.39 is 5.54 Å². The van der Waals surface area contributed by atoms with E-state index in [2.05, 4.69) is 39.9 Å². The molecular weight excluding hydrogens is 358 g/mol. The molecular formula is C22H20ClN3O. The maximum Gasteiger partial charge on any atom is 0.222 e. The Balaban J connectivity index is 1.65. The van der Waals surface area contributed by atoms with Crippen LogP contribution in [0.4, 0.5) is 0 Å². The van der Waals surface area contributed by atoms with Crippen LogP contribution in [0.1, 0.15) is 30.4 Å². The number of carbonyl (C=O) groups excluding carboxylic acids is 1. The van der Waals surface area contributed by atoms with Gasteiger partial charge in [-0.2, -0.15) is 0 Å². The zero-order chi connectivity index (χ0) is 18.4. The van der Waals surface area contributed by atoms with Crippen molar-refractivity contribution in [2.45, 2.75) is 24.8 Å².